The summed E-state index contributed by atoms with van der Waals surface area (Å²) >= 11 is 0. The fraction of sp³-hybridized carbons (Fsp3) is 0.200. The number of carboxylic acids is 1. The smallest absolute Gasteiger partial charge is 0.324 e. The molecule has 0 radical (unpaired) electrons. The van der Waals surface area contributed by atoms with Gasteiger partial charge in [0.25, 0.3) is 0 Å². The second-order valence-electron chi connectivity index (χ2n) is 6.97. The van der Waals surface area contributed by atoms with Crippen LogP contribution in [0.1, 0.15) is 17.2 Å². The molecule has 9 nitrogen and oxygen atoms in total. The van der Waals surface area contributed by atoms with Crippen molar-refractivity contribution in [2.75, 3.05) is 13.1 Å². The van der Waals surface area contributed by atoms with Crippen LogP contribution >= 0.6 is 0 Å². The summed E-state index contributed by atoms with van der Waals surface area (Å²) < 4.78 is 1.78. The van der Waals surface area contributed by atoms with E-state index in [2.05, 4.69) is 26.5 Å². The summed E-state index contributed by atoms with van der Waals surface area (Å²) in [6.07, 6.45) is 3.52. The highest BCUT2D eigenvalue weighted by Crippen LogP contribution is 2.22. The molecule has 0 amide bonds. The number of rotatable bonds is 5. The standard InChI is InChI=1S/C20H17N7O2/c28-19(29)12-26-11-15(9-22-26)17-5-6-18-20(23-17)27(25-24-18)10-13-3-4-16-14(8-13)2-1-7-21-16/h1-9,15H,10-12H2,(H,28,29). The second-order valence-corrected chi connectivity index (χ2v) is 6.97. The molecule has 1 unspecified atom stereocenters. The first-order chi connectivity index (χ1) is 14.2. The molecule has 1 aliphatic rings. The lowest BCUT2D eigenvalue weighted by molar-refractivity contribution is -0.138. The molecule has 4 aromatic rings. The molecule has 29 heavy (non-hydrogen) atoms. The lowest BCUT2D eigenvalue weighted by Crippen LogP contribution is -2.24. The van der Waals surface area contributed by atoms with Gasteiger partial charge in [-0.2, -0.15) is 5.10 Å². The molecule has 1 N–H and O–H groups in total. The topological polar surface area (TPSA) is 109 Å². The summed E-state index contributed by atoms with van der Waals surface area (Å²) in [5.41, 5.74) is 4.26. The molecule has 5 rings (SSSR count). The minimum atomic E-state index is -0.904. The molecule has 0 saturated heterocycles. The first-order valence-electron chi connectivity index (χ1n) is 9.20. The predicted molar refractivity (Wildman–Crippen MR) is 107 cm³/mol. The summed E-state index contributed by atoms with van der Waals surface area (Å²) in [4.78, 5) is 20.0. The molecule has 4 heterocycles. The van der Waals surface area contributed by atoms with Gasteiger partial charge in [0, 0.05) is 17.8 Å². The number of fused-ring (bicyclic) bond motifs is 2. The number of hydrogen-bond acceptors (Lipinski definition) is 7. The van der Waals surface area contributed by atoms with Crippen LogP contribution in [0.2, 0.25) is 0 Å². The summed E-state index contributed by atoms with van der Waals surface area (Å²) in [6.45, 7) is 0.914. The van der Waals surface area contributed by atoms with E-state index < -0.39 is 5.97 Å². The van der Waals surface area contributed by atoms with E-state index in [0.717, 1.165) is 22.2 Å². The average molecular weight is 387 g/mol. The van der Waals surface area contributed by atoms with Gasteiger partial charge in [0.1, 0.15) is 12.1 Å². The van der Waals surface area contributed by atoms with Gasteiger partial charge in [0.05, 0.1) is 30.2 Å². The van der Waals surface area contributed by atoms with E-state index in [1.807, 2.05) is 36.4 Å². The Balaban J connectivity index is 1.42. The van der Waals surface area contributed by atoms with Crippen molar-refractivity contribution < 1.29 is 9.90 Å². The molecule has 1 aliphatic heterocycles. The summed E-state index contributed by atoms with van der Waals surface area (Å²) in [5.74, 6) is -0.965. The van der Waals surface area contributed by atoms with Crippen LogP contribution in [0.15, 0.2) is 53.8 Å². The minimum Gasteiger partial charge on any atom is -0.480 e. The molecule has 3 aromatic heterocycles. The Morgan fingerprint density at radius 1 is 1.17 bits per heavy atom. The maximum Gasteiger partial charge on any atom is 0.324 e. The third-order valence-electron chi connectivity index (χ3n) is 4.90. The van der Waals surface area contributed by atoms with E-state index in [1.54, 1.807) is 17.1 Å². The first-order valence-corrected chi connectivity index (χ1v) is 9.20. The number of pyridine rings is 2. The van der Waals surface area contributed by atoms with Gasteiger partial charge in [-0.15, -0.1) is 5.10 Å². The average Bonchev–Trinajstić information content (AvgIpc) is 3.34. The molecule has 144 valence electrons. The fourth-order valence-corrected chi connectivity index (χ4v) is 3.51. The molecule has 0 aliphatic carbocycles. The van der Waals surface area contributed by atoms with E-state index in [-0.39, 0.29) is 12.5 Å². The Bertz CT molecular complexity index is 1250. The number of hydrazone groups is 1. The molecular weight excluding hydrogens is 370 g/mol. The van der Waals surface area contributed by atoms with Crippen LogP contribution in [-0.4, -0.2) is 60.4 Å². The lowest BCUT2D eigenvalue weighted by Gasteiger charge is -2.13. The van der Waals surface area contributed by atoms with Crippen molar-refractivity contribution in [3.05, 3.63) is 59.9 Å². The van der Waals surface area contributed by atoms with Crippen LogP contribution in [0.3, 0.4) is 0 Å². The first kappa shape index (κ1) is 17.2. The quantitative estimate of drug-likeness (QED) is 0.557. The number of carboxylic acid groups (broad SMARTS) is 1. The Morgan fingerprint density at radius 3 is 2.97 bits per heavy atom. The van der Waals surface area contributed by atoms with Crippen LogP contribution in [0.4, 0.5) is 0 Å². The Labute approximate surface area is 165 Å². The van der Waals surface area contributed by atoms with Crippen molar-refractivity contribution >= 4 is 34.3 Å². The van der Waals surface area contributed by atoms with Gasteiger partial charge in [-0.25, -0.2) is 9.67 Å². The predicted octanol–water partition coefficient (Wildman–Crippen LogP) is 1.89. The zero-order chi connectivity index (χ0) is 19.8. The second kappa shape index (κ2) is 6.93. The lowest BCUT2D eigenvalue weighted by atomic mass is 10.1. The molecule has 0 bridgehead atoms. The Kier molecular flexibility index (Phi) is 4.12. The van der Waals surface area contributed by atoms with Crippen molar-refractivity contribution in [1.29, 1.82) is 0 Å². The van der Waals surface area contributed by atoms with Gasteiger partial charge in [0.2, 0.25) is 0 Å². The van der Waals surface area contributed by atoms with Crippen molar-refractivity contribution in [2.45, 2.75) is 12.5 Å². The number of aromatic nitrogens is 5. The highest BCUT2D eigenvalue weighted by molar-refractivity contribution is 5.79. The maximum absolute atomic E-state index is 10.9. The van der Waals surface area contributed by atoms with Crippen LogP contribution in [0.5, 0.6) is 0 Å². The SMILES string of the molecule is O=C(O)CN1CC(c2ccc3nnn(Cc4ccc5ncccc5c4)c3n2)C=N1. The van der Waals surface area contributed by atoms with E-state index in [0.29, 0.717) is 24.3 Å². The van der Waals surface area contributed by atoms with E-state index in [9.17, 15) is 4.79 Å². The Morgan fingerprint density at radius 2 is 2.07 bits per heavy atom. The van der Waals surface area contributed by atoms with Crippen molar-refractivity contribution in [3.8, 4) is 0 Å². The third-order valence-corrected chi connectivity index (χ3v) is 4.90. The molecule has 1 aromatic carbocycles. The highest BCUT2D eigenvalue weighted by atomic mass is 16.4. The van der Waals surface area contributed by atoms with Gasteiger partial charge in [-0.05, 0) is 35.9 Å². The number of benzene rings is 1. The summed E-state index contributed by atoms with van der Waals surface area (Å²) in [5, 5.41) is 24.2. The Hall–Kier alpha value is -3.88. The molecule has 0 fully saturated rings. The van der Waals surface area contributed by atoms with Crippen LogP contribution < -0.4 is 0 Å². The van der Waals surface area contributed by atoms with Crippen LogP contribution in [-0.2, 0) is 11.3 Å². The molecule has 0 spiro atoms. The molecule has 0 saturated carbocycles. The maximum atomic E-state index is 10.9. The summed E-state index contributed by atoms with van der Waals surface area (Å²) in [6, 6.07) is 13.8. The van der Waals surface area contributed by atoms with Crippen LogP contribution in [0.25, 0.3) is 22.1 Å². The molecular formula is C20H17N7O2. The van der Waals surface area contributed by atoms with Gasteiger partial charge in [0.15, 0.2) is 5.65 Å². The van der Waals surface area contributed by atoms with Gasteiger partial charge in [-0.3, -0.25) is 14.8 Å². The van der Waals surface area contributed by atoms with Crippen molar-refractivity contribution in [2.24, 2.45) is 5.10 Å². The van der Waals surface area contributed by atoms with Crippen molar-refractivity contribution in [1.82, 2.24) is 30.0 Å². The van der Waals surface area contributed by atoms with Gasteiger partial charge < -0.3 is 5.11 Å². The third kappa shape index (κ3) is 3.38. The fourth-order valence-electron chi connectivity index (χ4n) is 3.51. The normalized spacial score (nSPS) is 16.1. The number of nitrogens with zero attached hydrogens (tertiary/aromatic N) is 7. The largest absolute Gasteiger partial charge is 0.480 e. The van der Waals surface area contributed by atoms with Crippen molar-refractivity contribution in [3.63, 3.8) is 0 Å². The monoisotopic (exact) mass is 387 g/mol. The number of hydrogen-bond donors (Lipinski definition) is 1. The summed E-state index contributed by atoms with van der Waals surface area (Å²) in [7, 11) is 0. The van der Waals surface area contributed by atoms with Gasteiger partial charge in [-0.1, -0.05) is 17.3 Å². The molecule has 1 atom stereocenters. The number of carbonyl (C=O) groups is 1. The van der Waals surface area contributed by atoms with Gasteiger partial charge >= 0.3 is 5.97 Å². The molecule has 9 heteroatoms. The van der Waals surface area contributed by atoms with E-state index in [4.69, 9.17) is 10.1 Å². The zero-order valence-electron chi connectivity index (χ0n) is 15.4. The van der Waals surface area contributed by atoms with E-state index >= 15 is 0 Å². The minimum absolute atomic E-state index is 0.0613. The van der Waals surface area contributed by atoms with E-state index in [1.165, 1.54) is 5.01 Å². The van der Waals surface area contributed by atoms with Crippen LogP contribution in [0, 0.1) is 0 Å². The highest BCUT2D eigenvalue weighted by Gasteiger charge is 2.23. The number of aliphatic carboxylic acids is 1. The zero-order valence-corrected chi connectivity index (χ0v) is 15.4.